The molecule has 0 aliphatic heterocycles. The Morgan fingerprint density at radius 2 is 1.54 bits per heavy atom. The van der Waals surface area contributed by atoms with E-state index in [1.54, 1.807) is 0 Å². The van der Waals surface area contributed by atoms with Crippen LogP contribution in [0.15, 0.2) is 17.0 Å². The van der Waals surface area contributed by atoms with Gasteiger partial charge < -0.3 is 10.2 Å². The van der Waals surface area contributed by atoms with Crippen molar-refractivity contribution in [1.29, 1.82) is 0 Å². The number of unbranched alkanes of at least 4 members (excludes halogenated alkanes) is 1. The van der Waals surface area contributed by atoms with E-state index >= 15 is 0 Å². The number of carboxylic acid groups (broad SMARTS) is 1. The van der Waals surface area contributed by atoms with Gasteiger partial charge in [-0.1, -0.05) is 61.3 Å². The van der Waals surface area contributed by atoms with Gasteiger partial charge in [-0.15, -0.1) is 11.8 Å². The van der Waals surface area contributed by atoms with Crippen LogP contribution in [0.25, 0.3) is 0 Å². The predicted octanol–water partition coefficient (Wildman–Crippen LogP) is 5.72. The number of thioether (sulfide) groups is 1. The molecule has 2 N–H and O–H groups in total. The van der Waals surface area contributed by atoms with Gasteiger partial charge in [-0.05, 0) is 29.4 Å². The van der Waals surface area contributed by atoms with Crippen LogP contribution in [0, 0.1) is 0 Å². The molecule has 1 aromatic rings. The number of phenolic OH excluding ortho intramolecular Hbond substituents is 1. The van der Waals surface area contributed by atoms with Crippen LogP contribution in [0.4, 0.5) is 0 Å². The Kier molecular flexibility index (Phi) is 6.80. The number of aromatic hydroxyl groups is 1. The van der Waals surface area contributed by atoms with Crippen molar-refractivity contribution in [3.63, 3.8) is 0 Å². The normalized spacial score (nSPS) is 13.8. The highest BCUT2D eigenvalue weighted by atomic mass is 32.2. The summed E-state index contributed by atoms with van der Waals surface area (Å²) >= 11 is 1.40. The Hall–Kier alpha value is -1.16. The van der Waals surface area contributed by atoms with Crippen molar-refractivity contribution in [2.24, 2.45) is 0 Å². The zero-order valence-corrected chi connectivity index (χ0v) is 16.9. The number of benzene rings is 1. The molecule has 4 heteroatoms. The molecular formula is C20H32O3S. The fourth-order valence-electron chi connectivity index (χ4n) is 2.61. The first kappa shape index (κ1) is 20.9. The molecule has 0 unspecified atom stereocenters. The molecule has 0 amide bonds. The molecule has 136 valence electrons. The van der Waals surface area contributed by atoms with Crippen molar-refractivity contribution in [2.45, 2.75) is 88.7 Å². The van der Waals surface area contributed by atoms with Crippen LogP contribution in [0.2, 0.25) is 0 Å². The maximum atomic E-state index is 11.6. The molecule has 1 rings (SSSR count). The van der Waals surface area contributed by atoms with Crippen LogP contribution in [-0.4, -0.2) is 21.4 Å². The summed E-state index contributed by atoms with van der Waals surface area (Å²) in [7, 11) is 0. The Balaban J connectivity index is 3.35. The average Bonchev–Trinajstić information content (AvgIpc) is 2.41. The Morgan fingerprint density at radius 1 is 1.08 bits per heavy atom. The predicted molar refractivity (Wildman–Crippen MR) is 102 cm³/mol. The molecule has 1 aromatic carbocycles. The molecule has 0 spiro atoms. The third-order valence-electron chi connectivity index (χ3n) is 4.07. The van der Waals surface area contributed by atoms with Gasteiger partial charge in [0.15, 0.2) is 0 Å². The third-order valence-corrected chi connectivity index (χ3v) is 5.30. The van der Waals surface area contributed by atoms with Crippen molar-refractivity contribution in [1.82, 2.24) is 0 Å². The highest BCUT2D eigenvalue weighted by Crippen LogP contribution is 2.42. The van der Waals surface area contributed by atoms with E-state index in [9.17, 15) is 15.0 Å². The summed E-state index contributed by atoms with van der Waals surface area (Å²) in [6.07, 6.45) is 2.55. The minimum absolute atomic E-state index is 0.206. The van der Waals surface area contributed by atoms with E-state index in [1.807, 2.05) is 12.1 Å². The highest BCUT2D eigenvalue weighted by molar-refractivity contribution is 8.00. The largest absolute Gasteiger partial charge is 0.507 e. The van der Waals surface area contributed by atoms with E-state index in [2.05, 4.69) is 48.5 Å². The van der Waals surface area contributed by atoms with Crippen LogP contribution in [0.5, 0.6) is 5.75 Å². The standard InChI is InChI=1S/C20H32O3S/c1-8-9-10-16(18(22)23)24-13-11-14(19(2,3)4)17(21)15(12-13)20(5,6)7/h11-12,16,21H,8-10H2,1-7H3,(H,22,23)/t16-/m1/s1. The molecule has 0 aliphatic rings. The summed E-state index contributed by atoms with van der Waals surface area (Å²) < 4.78 is 0. The van der Waals surface area contributed by atoms with E-state index in [-0.39, 0.29) is 10.8 Å². The van der Waals surface area contributed by atoms with Crippen molar-refractivity contribution in [3.8, 4) is 5.75 Å². The molecule has 0 aliphatic carbocycles. The second kappa shape index (κ2) is 7.81. The molecule has 3 nitrogen and oxygen atoms in total. The van der Waals surface area contributed by atoms with Gasteiger partial charge in [0.05, 0.1) is 0 Å². The molecule has 0 radical (unpaired) electrons. The average molecular weight is 353 g/mol. The van der Waals surface area contributed by atoms with Gasteiger partial charge in [-0.25, -0.2) is 0 Å². The van der Waals surface area contributed by atoms with Crippen LogP contribution in [-0.2, 0) is 15.6 Å². The number of rotatable bonds is 6. The molecule has 0 saturated heterocycles. The Labute approximate surface area is 150 Å². The number of hydrogen-bond acceptors (Lipinski definition) is 3. The maximum Gasteiger partial charge on any atom is 0.316 e. The quantitative estimate of drug-likeness (QED) is 0.643. The minimum Gasteiger partial charge on any atom is -0.507 e. The maximum absolute atomic E-state index is 11.6. The molecule has 1 atom stereocenters. The molecule has 0 fully saturated rings. The summed E-state index contributed by atoms with van der Waals surface area (Å²) in [5.41, 5.74) is 1.33. The summed E-state index contributed by atoms with van der Waals surface area (Å²) in [6, 6.07) is 3.91. The Morgan fingerprint density at radius 3 is 1.88 bits per heavy atom. The molecule has 24 heavy (non-hydrogen) atoms. The van der Waals surface area contributed by atoms with E-state index in [0.717, 1.165) is 28.9 Å². The van der Waals surface area contributed by atoms with Crippen LogP contribution in [0.3, 0.4) is 0 Å². The van der Waals surface area contributed by atoms with Crippen LogP contribution < -0.4 is 0 Å². The summed E-state index contributed by atoms with van der Waals surface area (Å²) in [5.74, 6) is -0.434. The summed E-state index contributed by atoms with van der Waals surface area (Å²) in [6.45, 7) is 14.5. The van der Waals surface area contributed by atoms with E-state index in [0.29, 0.717) is 12.2 Å². The van der Waals surface area contributed by atoms with Crippen molar-refractivity contribution >= 4 is 17.7 Å². The molecule has 0 aromatic heterocycles. The van der Waals surface area contributed by atoms with Gasteiger partial charge in [0, 0.05) is 16.0 Å². The number of carboxylic acids is 1. The summed E-state index contributed by atoms with van der Waals surface area (Å²) in [5, 5.41) is 19.8. The zero-order chi connectivity index (χ0) is 18.7. The van der Waals surface area contributed by atoms with Crippen molar-refractivity contribution in [3.05, 3.63) is 23.3 Å². The van der Waals surface area contributed by atoms with E-state index in [4.69, 9.17) is 0 Å². The number of phenols is 1. The highest BCUT2D eigenvalue weighted by Gasteiger charge is 2.28. The Bertz CT molecular complexity index is 545. The zero-order valence-electron chi connectivity index (χ0n) is 16.1. The molecule has 0 bridgehead atoms. The van der Waals surface area contributed by atoms with E-state index < -0.39 is 11.2 Å². The first-order chi connectivity index (χ1) is 10.9. The number of carbonyl (C=O) groups is 1. The number of hydrogen-bond donors (Lipinski definition) is 2. The lowest BCUT2D eigenvalue weighted by Gasteiger charge is -2.28. The van der Waals surface area contributed by atoms with Gasteiger partial charge >= 0.3 is 5.97 Å². The fraction of sp³-hybridized carbons (Fsp3) is 0.650. The first-order valence-electron chi connectivity index (χ1n) is 8.65. The monoisotopic (exact) mass is 352 g/mol. The van der Waals surface area contributed by atoms with Gasteiger partial charge in [0.1, 0.15) is 11.0 Å². The van der Waals surface area contributed by atoms with Crippen LogP contribution >= 0.6 is 11.8 Å². The molecule has 0 heterocycles. The van der Waals surface area contributed by atoms with Crippen LogP contribution in [0.1, 0.15) is 78.9 Å². The number of aliphatic carboxylic acids is 1. The van der Waals surface area contributed by atoms with Gasteiger partial charge in [-0.2, -0.15) is 0 Å². The summed E-state index contributed by atoms with van der Waals surface area (Å²) in [4.78, 5) is 12.5. The van der Waals surface area contributed by atoms with Crippen molar-refractivity contribution < 1.29 is 15.0 Å². The SMILES string of the molecule is CCCC[C@@H](Sc1cc(C(C)(C)C)c(O)c(C(C)(C)C)c1)C(=O)O. The second-order valence-electron chi connectivity index (χ2n) is 8.45. The van der Waals surface area contributed by atoms with Gasteiger partial charge in [-0.3, -0.25) is 4.79 Å². The van der Waals surface area contributed by atoms with Gasteiger partial charge in [0.25, 0.3) is 0 Å². The molecular weight excluding hydrogens is 320 g/mol. The first-order valence-corrected chi connectivity index (χ1v) is 9.53. The smallest absolute Gasteiger partial charge is 0.316 e. The second-order valence-corrected chi connectivity index (χ2v) is 9.73. The topological polar surface area (TPSA) is 57.5 Å². The lowest BCUT2D eigenvalue weighted by Crippen LogP contribution is -2.19. The van der Waals surface area contributed by atoms with Gasteiger partial charge in [0.2, 0.25) is 0 Å². The minimum atomic E-state index is -0.767. The lowest BCUT2D eigenvalue weighted by atomic mass is 9.79. The third kappa shape index (κ3) is 5.44. The molecule has 0 saturated carbocycles. The fourth-order valence-corrected chi connectivity index (χ4v) is 3.69. The lowest BCUT2D eigenvalue weighted by molar-refractivity contribution is -0.136. The van der Waals surface area contributed by atoms with E-state index in [1.165, 1.54) is 11.8 Å². The van der Waals surface area contributed by atoms with Crippen molar-refractivity contribution in [2.75, 3.05) is 0 Å².